The van der Waals surface area contributed by atoms with Crippen LogP contribution in [0.15, 0.2) is 120 Å². The number of sulfonamides is 1. The zero-order chi connectivity index (χ0) is 27.3. The number of nitrogens with two attached hydrogens (primary N) is 1. The molecule has 0 fully saturated rings. The Hall–Kier alpha value is -2.34. The van der Waals surface area contributed by atoms with Gasteiger partial charge in [-0.2, -0.15) is 4.72 Å². The van der Waals surface area contributed by atoms with Crippen LogP contribution in [0.5, 0.6) is 0 Å². The molecule has 0 bridgehead atoms. The standard InChI is InChI=1S/C21H22N2O2S.C9H12.ClH.Ru/c1-17-12-14-20(15-13-17)26(24,25)23-21(22,19-10-6-3-7-11-19)16-18-8-4-2-5-9-18;1-8(2)9-6-4-3-5-7-9;;/h2-15,23H,16,22H2,1H3;3-8H,1-2H3;1H;/q;;;+1/p-1/t21-;;;/m0.../s1. The summed E-state index contributed by atoms with van der Waals surface area (Å²) in [5, 5.41) is 0. The summed E-state index contributed by atoms with van der Waals surface area (Å²) >= 11 is 1.82. The molecule has 0 heterocycles. The molecule has 7 heteroatoms. The van der Waals surface area contributed by atoms with Crippen LogP contribution in [-0.2, 0) is 39.4 Å². The second-order valence-corrected chi connectivity index (χ2v) is 10.7. The van der Waals surface area contributed by atoms with Gasteiger partial charge >= 0.3 is 27.0 Å². The molecule has 0 spiro atoms. The summed E-state index contributed by atoms with van der Waals surface area (Å²) in [6.45, 7) is 6.32. The van der Waals surface area contributed by atoms with Crippen molar-refractivity contribution >= 4 is 19.7 Å². The normalized spacial score (nSPS) is 12.4. The van der Waals surface area contributed by atoms with Crippen LogP contribution < -0.4 is 10.5 Å². The third kappa shape index (κ3) is 9.81. The number of aryl methyl sites for hydroxylation is 1. The second-order valence-electron chi connectivity index (χ2n) is 8.98. The van der Waals surface area contributed by atoms with E-state index >= 15 is 0 Å². The van der Waals surface area contributed by atoms with Crippen molar-refractivity contribution < 1.29 is 25.7 Å². The third-order valence-electron chi connectivity index (χ3n) is 5.73. The summed E-state index contributed by atoms with van der Waals surface area (Å²) in [5.41, 5.74) is 9.42. The van der Waals surface area contributed by atoms with Crippen LogP contribution >= 0.6 is 9.69 Å². The first-order valence-electron chi connectivity index (χ1n) is 11.9. The molecule has 0 radical (unpaired) electrons. The van der Waals surface area contributed by atoms with Gasteiger partial charge < -0.3 is 5.73 Å². The van der Waals surface area contributed by atoms with Crippen molar-refractivity contribution in [3.8, 4) is 0 Å². The number of rotatable bonds is 7. The maximum atomic E-state index is 12.9. The summed E-state index contributed by atoms with van der Waals surface area (Å²) in [4.78, 5) is 0.196. The van der Waals surface area contributed by atoms with Gasteiger partial charge in [-0.25, -0.2) is 8.42 Å². The zero-order valence-electron chi connectivity index (χ0n) is 21.3. The van der Waals surface area contributed by atoms with E-state index in [0.29, 0.717) is 17.9 Å². The number of nitrogens with one attached hydrogen (secondary N) is 1. The maximum absolute atomic E-state index is 12.9. The zero-order valence-corrected chi connectivity index (χ0v) is 24.6. The van der Waals surface area contributed by atoms with E-state index in [1.54, 1.807) is 24.3 Å². The van der Waals surface area contributed by atoms with Crippen molar-refractivity contribution in [1.29, 1.82) is 0 Å². The quantitative estimate of drug-likeness (QED) is 0.175. The molecule has 1 atom stereocenters. The average Bonchev–Trinajstić information content (AvgIpc) is 2.92. The summed E-state index contributed by atoms with van der Waals surface area (Å²) in [6, 6.07) is 36.1. The number of benzene rings is 4. The van der Waals surface area contributed by atoms with E-state index in [2.05, 4.69) is 52.5 Å². The molecule has 0 unspecified atom stereocenters. The van der Waals surface area contributed by atoms with E-state index in [4.69, 9.17) is 5.73 Å². The van der Waals surface area contributed by atoms with Crippen LogP contribution in [0.25, 0.3) is 0 Å². The van der Waals surface area contributed by atoms with Crippen LogP contribution in [0.3, 0.4) is 0 Å². The molecule has 0 saturated heterocycles. The average molecular weight is 623 g/mol. The van der Waals surface area contributed by atoms with Crippen LogP contribution in [0.4, 0.5) is 0 Å². The summed E-state index contributed by atoms with van der Waals surface area (Å²) in [7, 11) is 0.791. The van der Waals surface area contributed by atoms with Gasteiger partial charge in [-0.3, -0.25) is 0 Å². The molecule has 37 heavy (non-hydrogen) atoms. The Morgan fingerprint density at radius 3 is 1.70 bits per heavy atom. The molecule has 197 valence electrons. The molecule has 4 aromatic carbocycles. The molecule has 4 aromatic rings. The first kappa shape index (κ1) is 30.9. The summed E-state index contributed by atoms with van der Waals surface area (Å²) in [5.74, 6) is 0.659. The molecule has 0 aliphatic heterocycles. The SMILES string of the molecule is CC(C)c1ccccc1.Cc1ccc(S(=O)(=O)N[C@@](N)(Cc2ccccc2)c2ccccc2)cc1.[Cl][Ru]. The first-order valence-corrected chi connectivity index (χ1v) is 15.6. The van der Waals surface area contributed by atoms with Gasteiger partial charge in [-0.1, -0.05) is 123 Å². The summed E-state index contributed by atoms with van der Waals surface area (Å²) in [6.07, 6.45) is 0.336. The van der Waals surface area contributed by atoms with Crippen molar-refractivity contribution in [2.45, 2.75) is 43.7 Å². The minimum absolute atomic E-state index is 0.196. The fourth-order valence-electron chi connectivity index (χ4n) is 3.70. The fourth-order valence-corrected chi connectivity index (χ4v) is 4.99. The minimum atomic E-state index is -3.78. The van der Waals surface area contributed by atoms with Crippen LogP contribution in [0.2, 0.25) is 0 Å². The second kappa shape index (κ2) is 15.2. The molecule has 0 amide bonds. The van der Waals surface area contributed by atoms with Crippen molar-refractivity contribution in [2.24, 2.45) is 5.73 Å². The Morgan fingerprint density at radius 1 is 0.784 bits per heavy atom. The monoisotopic (exact) mass is 623 g/mol. The Kier molecular flexibility index (Phi) is 12.7. The molecule has 0 aromatic heterocycles. The third-order valence-corrected chi connectivity index (χ3v) is 7.25. The molecule has 0 aliphatic carbocycles. The van der Waals surface area contributed by atoms with Crippen LogP contribution in [-0.4, -0.2) is 8.42 Å². The van der Waals surface area contributed by atoms with Crippen molar-refractivity contribution in [2.75, 3.05) is 0 Å². The molecule has 3 N–H and O–H groups in total. The van der Waals surface area contributed by atoms with Crippen LogP contribution in [0, 0.1) is 6.92 Å². The van der Waals surface area contributed by atoms with Crippen molar-refractivity contribution in [1.82, 2.24) is 4.72 Å². The number of hydrogen-bond acceptors (Lipinski definition) is 3. The number of halogens is 1. The van der Waals surface area contributed by atoms with E-state index < -0.39 is 15.7 Å². The van der Waals surface area contributed by atoms with Gasteiger partial charge in [-0.05, 0) is 41.7 Å². The van der Waals surface area contributed by atoms with E-state index in [1.807, 2.05) is 91.0 Å². The molecular formula is C30H34ClN2O2RuS. The number of hydrogen-bond donors (Lipinski definition) is 2. The molecule has 4 rings (SSSR count). The van der Waals surface area contributed by atoms with Gasteiger partial charge in [0.15, 0.2) is 0 Å². The van der Waals surface area contributed by atoms with Gasteiger partial charge in [0.1, 0.15) is 5.66 Å². The Labute approximate surface area is 236 Å². The molecule has 4 nitrogen and oxygen atoms in total. The Balaban J connectivity index is 0.000000367. The van der Waals surface area contributed by atoms with Gasteiger partial charge in [-0.15, -0.1) is 0 Å². The first-order chi connectivity index (χ1) is 17.7. The molecule has 0 aliphatic rings. The van der Waals surface area contributed by atoms with Gasteiger partial charge in [0.05, 0.1) is 4.90 Å². The van der Waals surface area contributed by atoms with E-state index in [1.165, 1.54) is 5.56 Å². The van der Waals surface area contributed by atoms with E-state index in [9.17, 15) is 8.42 Å². The summed E-state index contributed by atoms with van der Waals surface area (Å²) < 4.78 is 28.6. The molecular weight excluding hydrogens is 589 g/mol. The van der Waals surface area contributed by atoms with Crippen molar-refractivity contribution in [3.63, 3.8) is 0 Å². The van der Waals surface area contributed by atoms with Gasteiger partial charge in [0.25, 0.3) is 0 Å². The van der Waals surface area contributed by atoms with Crippen molar-refractivity contribution in [3.05, 3.63) is 138 Å². The van der Waals surface area contributed by atoms with E-state index in [-0.39, 0.29) is 4.90 Å². The van der Waals surface area contributed by atoms with E-state index in [0.717, 1.165) is 11.1 Å². The van der Waals surface area contributed by atoms with Crippen LogP contribution in [0.1, 0.15) is 42.0 Å². The fraction of sp³-hybridized carbons (Fsp3) is 0.200. The topological polar surface area (TPSA) is 72.2 Å². The Morgan fingerprint density at radius 2 is 1.24 bits per heavy atom. The predicted octanol–water partition coefficient (Wildman–Crippen LogP) is 6.82. The Bertz CT molecular complexity index is 1290. The van der Waals surface area contributed by atoms with Gasteiger partial charge in [0, 0.05) is 6.42 Å². The van der Waals surface area contributed by atoms with Gasteiger partial charge in [0.2, 0.25) is 10.0 Å². The predicted molar refractivity (Wildman–Crippen MR) is 150 cm³/mol. The molecule has 0 saturated carbocycles.